The summed E-state index contributed by atoms with van der Waals surface area (Å²) in [7, 11) is 0. The second-order valence-electron chi connectivity index (χ2n) is 4.81. The van der Waals surface area contributed by atoms with Gasteiger partial charge in [0.2, 0.25) is 0 Å². The van der Waals surface area contributed by atoms with Crippen molar-refractivity contribution in [2.75, 3.05) is 11.9 Å². The molecular formula is C12H15N3O4. The predicted molar refractivity (Wildman–Crippen MR) is 67.9 cm³/mol. The fraction of sp³-hybridized carbons (Fsp3) is 0.500. The number of nitrogens with one attached hydrogen (secondary N) is 1. The molecule has 19 heavy (non-hydrogen) atoms. The van der Waals surface area contributed by atoms with Crippen LogP contribution >= 0.6 is 0 Å². The van der Waals surface area contributed by atoms with E-state index in [2.05, 4.69) is 10.3 Å². The molecule has 0 spiro atoms. The van der Waals surface area contributed by atoms with Crippen molar-refractivity contribution < 1.29 is 14.8 Å². The van der Waals surface area contributed by atoms with E-state index in [-0.39, 0.29) is 5.82 Å². The molecule has 2 rings (SSSR count). The number of pyridine rings is 1. The molecule has 0 atom stereocenters. The molecule has 7 nitrogen and oxygen atoms in total. The van der Waals surface area contributed by atoms with Crippen LogP contribution in [0.3, 0.4) is 0 Å². The maximum Gasteiger partial charge on any atom is 0.363 e. The third-order valence-electron chi connectivity index (χ3n) is 3.58. The molecule has 1 aromatic heterocycles. The first-order valence-corrected chi connectivity index (χ1v) is 6.11. The molecule has 1 aliphatic carbocycles. The van der Waals surface area contributed by atoms with Crippen LogP contribution in [0.2, 0.25) is 0 Å². The van der Waals surface area contributed by atoms with Gasteiger partial charge in [-0.3, -0.25) is 4.79 Å². The molecule has 0 amide bonds. The predicted octanol–water partition coefficient (Wildman–Crippen LogP) is 2.05. The Morgan fingerprint density at radius 1 is 1.47 bits per heavy atom. The number of hydrogen-bond acceptors (Lipinski definition) is 5. The van der Waals surface area contributed by atoms with Crippen LogP contribution in [0.4, 0.5) is 11.5 Å². The van der Waals surface area contributed by atoms with Crippen LogP contribution in [-0.2, 0) is 4.79 Å². The van der Waals surface area contributed by atoms with Crippen molar-refractivity contribution in [1.29, 1.82) is 0 Å². The Balaban J connectivity index is 2.01. The summed E-state index contributed by atoms with van der Waals surface area (Å²) in [5, 5.41) is 22.8. The van der Waals surface area contributed by atoms with E-state index >= 15 is 0 Å². The third-order valence-corrected chi connectivity index (χ3v) is 3.58. The lowest BCUT2D eigenvalue weighted by molar-refractivity contribution is -0.389. The van der Waals surface area contributed by atoms with E-state index in [1.807, 2.05) is 0 Å². The van der Waals surface area contributed by atoms with E-state index in [1.54, 1.807) is 0 Å². The van der Waals surface area contributed by atoms with E-state index in [4.69, 9.17) is 0 Å². The first-order valence-electron chi connectivity index (χ1n) is 6.11. The van der Waals surface area contributed by atoms with Gasteiger partial charge in [0.15, 0.2) is 6.20 Å². The zero-order valence-electron chi connectivity index (χ0n) is 10.3. The van der Waals surface area contributed by atoms with E-state index in [1.165, 1.54) is 18.3 Å². The summed E-state index contributed by atoms with van der Waals surface area (Å²) in [6, 6.07) is 2.83. The molecule has 1 aromatic rings. The fourth-order valence-corrected chi connectivity index (χ4v) is 2.39. The first kappa shape index (κ1) is 13.3. The molecule has 0 aromatic carbocycles. The quantitative estimate of drug-likeness (QED) is 0.623. The summed E-state index contributed by atoms with van der Waals surface area (Å²) in [6.07, 6.45) is 4.52. The summed E-state index contributed by atoms with van der Waals surface area (Å²) < 4.78 is 0. The molecule has 0 radical (unpaired) electrons. The van der Waals surface area contributed by atoms with Gasteiger partial charge >= 0.3 is 11.8 Å². The van der Waals surface area contributed by atoms with Crippen LogP contribution in [0.5, 0.6) is 0 Å². The topological polar surface area (TPSA) is 105 Å². The zero-order chi connectivity index (χ0) is 13.9. The Kier molecular flexibility index (Phi) is 3.64. The van der Waals surface area contributed by atoms with Crippen molar-refractivity contribution in [2.45, 2.75) is 25.7 Å². The average Bonchev–Trinajstić information content (AvgIpc) is 2.87. The maximum absolute atomic E-state index is 11.3. The smallest absolute Gasteiger partial charge is 0.363 e. The number of hydrogen-bond donors (Lipinski definition) is 2. The molecule has 0 unspecified atom stereocenters. The van der Waals surface area contributed by atoms with Gasteiger partial charge in [-0.15, -0.1) is 0 Å². The zero-order valence-corrected chi connectivity index (χ0v) is 10.3. The van der Waals surface area contributed by atoms with Crippen molar-refractivity contribution in [3.05, 3.63) is 28.4 Å². The summed E-state index contributed by atoms with van der Waals surface area (Å²) in [6.45, 7) is 0.321. The van der Waals surface area contributed by atoms with E-state index in [0.29, 0.717) is 25.1 Å². The van der Waals surface area contributed by atoms with Crippen LogP contribution in [0.1, 0.15) is 25.7 Å². The second kappa shape index (κ2) is 5.21. The fourth-order valence-electron chi connectivity index (χ4n) is 2.39. The van der Waals surface area contributed by atoms with Crippen molar-refractivity contribution in [3.8, 4) is 0 Å². The molecule has 102 valence electrons. The third kappa shape index (κ3) is 2.81. The number of aliphatic carboxylic acids is 1. The molecule has 1 fully saturated rings. The number of carboxylic acid groups (broad SMARTS) is 1. The summed E-state index contributed by atoms with van der Waals surface area (Å²) in [5.74, 6) is -1.01. The molecule has 2 N–H and O–H groups in total. The number of anilines is 1. The van der Waals surface area contributed by atoms with Gasteiger partial charge in [-0.05, 0) is 28.8 Å². The minimum Gasteiger partial charge on any atom is -0.481 e. The SMILES string of the molecule is O=C(O)C1(CNc2ccc([N+](=O)[O-])nc2)CCCC1. The molecule has 0 bridgehead atoms. The van der Waals surface area contributed by atoms with Crippen LogP contribution < -0.4 is 5.32 Å². The number of nitro groups is 1. The van der Waals surface area contributed by atoms with Crippen molar-refractivity contribution in [2.24, 2.45) is 5.41 Å². The molecule has 1 saturated carbocycles. The number of aromatic nitrogens is 1. The van der Waals surface area contributed by atoms with Crippen LogP contribution in [-0.4, -0.2) is 27.5 Å². The monoisotopic (exact) mass is 265 g/mol. The van der Waals surface area contributed by atoms with Crippen LogP contribution in [0, 0.1) is 15.5 Å². The molecular weight excluding hydrogens is 250 g/mol. The van der Waals surface area contributed by atoms with Gasteiger partial charge in [0.05, 0.1) is 11.1 Å². The number of carboxylic acids is 1. The van der Waals surface area contributed by atoms with Crippen LogP contribution in [0.25, 0.3) is 0 Å². The summed E-state index contributed by atoms with van der Waals surface area (Å²) >= 11 is 0. The van der Waals surface area contributed by atoms with Gasteiger partial charge in [-0.2, -0.15) is 0 Å². The largest absolute Gasteiger partial charge is 0.481 e. The Bertz CT molecular complexity index is 480. The maximum atomic E-state index is 11.3. The lowest BCUT2D eigenvalue weighted by Gasteiger charge is -2.24. The Labute approximate surface area is 109 Å². The van der Waals surface area contributed by atoms with E-state index in [9.17, 15) is 20.0 Å². The minimum atomic E-state index is -0.785. The van der Waals surface area contributed by atoms with Gasteiger partial charge < -0.3 is 20.5 Å². The summed E-state index contributed by atoms with van der Waals surface area (Å²) in [5.41, 5.74) is -0.125. The van der Waals surface area contributed by atoms with E-state index < -0.39 is 16.3 Å². The van der Waals surface area contributed by atoms with Crippen molar-refractivity contribution in [3.63, 3.8) is 0 Å². The Morgan fingerprint density at radius 3 is 2.63 bits per heavy atom. The highest BCUT2D eigenvalue weighted by Gasteiger charge is 2.41. The lowest BCUT2D eigenvalue weighted by Crippen LogP contribution is -2.35. The van der Waals surface area contributed by atoms with Gasteiger partial charge in [-0.1, -0.05) is 12.8 Å². The molecule has 1 aliphatic rings. The number of carbonyl (C=O) groups is 1. The minimum absolute atomic E-state index is 0.223. The number of rotatable bonds is 5. The molecule has 7 heteroatoms. The average molecular weight is 265 g/mol. The van der Waals surface area contributed by atoms with Crippen molar-refractivity contribution >= 4 is 17.5 Å². The molecule has 1 heterocycles. The van der Waals surface area contributed by atoms with Crippen LogP contribution in [0.15, 0.2) is 18.3 Å². The van der Waals surface area contributed by atoms with Crippen molar-refractivity contribution in [1.82, 2.24) is 4.98 Å². The second-order valence-corrected chi connectivity index (χ2v) is 4.81. The van der Waals surface area contributed by atoms with Gasteiger partial charge in [0.25, 0.3) is 0 Å². The number of nitrogens with zero attached hydrogens (tertiary/aromatic N) is 2. The summed E-state index contributed by atoms with van der Waals surface area (Å²) in [4.78, 5) is 24.9. The standard InChI is InChI=1S/C12H15N3O4/c16-11(17)12(5-1-2-6-12)8-14-9-3-4-10(13-7-9)15(18)19/h3-4,7,14H,1-2,5-6,8H2,(H,16,17). The molecule has 0 saturated heterocycles. The highest BCUT2D eigenvalue weighted by molar-refractivity contribution is 5.76. The lowest BCUT2D eigenvalue weighted by atomic mass is 9.86. The first-order chi connectivity index (χ1) is 9.03. The normalized spacial score (nSPS) is 17.1. The van der Waals surface area contributed by atoms with Gasteiger partial charge in [-0.25, -0.2) is 0 Å². The highest BCUT2D eigenvalue weighted by atomic mass is 16.6. The Hall–Kier alpha value is -2.18. The highest BCUT2D eigenvalue weighted by Crippen LogP contribution is 2.38. The van der Waals surface area contributed by atoms with Gasteiger partial charge in [0.1, 0.15) is 0 Å². The van der Waals surface area contributed by atoms with Gasteiger partial charge in [0, 0.05) is 12.6 Å². The Morgan fingerprint density at radius 2 is 2.16 bits per heavy atom. The molecule has 0 aliphatic heterocycles. The van der Waals surface area contributed by atoms with E-state index in [0.717, 1.165) is 12.8 Å².